The Hall–Kier alpha value is -2.26. The molecule has 3 rings (SSSR count). The zero-order valence-corrected chi connectivity index (χ0v) is 18.1. The van der Waals surface area contributed by atoms with Gasteiger partial charge in [-0.05, 0) is 43.5 Å². The number of benzene rings is 2. The number of nitrogens with two attached hydrogens (primary N) is 1. The van der Waals surface area contributed by atoms with E-state index in [0.717, 1.165) is 11.1 Å². The van der Waals surface area contributed by atoms with Crippen LogP contribution in [0, 0.1) is 0 Å². The van der Waals surface area contributed by atoms with Gasteiger partial charge in [0, 0.05) is 19.6 Å². The lowest BCUT2D eigenvalue weighted by Crippen LogP contribution is -2.52. The summed E-state index contributed by atoms with van der Waals surface area (Å²) >= 11 is 0. The zero-order valence-electron chi connectivity index (χ0n) is 17.3. The first kappa shape index (κ1) is 22.4. The Kier molecular flexibility index (Phi) is 7.25. The summed E-state index contributed by atoms with van der Waals surface area (Å²) in [5.74, 6) is -0.0305. The molecule has 1 aliphatic heterocycles. The van der Waals surface area contributed by atoms with E-state index in [9.17, 15) is 13.2 Å². The SMILES string of the molecule is CC1CN(C(C)C(=O)NCCc2ccc(S(N)(=O)=O)cc2)CC(c2ccccc2)O1. The van der Waals surface area contributed by atoms with Crippen molar-refractivity contribution in [3.05, 3.63) is 65.7 Å². The quantitative estimate of drug-likeness (QED) is 0.697. The smallest absolute Gasteiger partial charge is 0.238 e. The molecule has 2 aromatic rings. The predicted octanol–water partition coefficient (Wildman–Crippen LogP) is 1.84. The van der Waals surface area contributed by atoms with Crippen molar-refractivity contribution in [1.82, 2.24) is 10.2 Å². The van der Waals surface area contributed by atoms with Crippen LogP contribution in [0.5, 0.6) is 0 Å². The second-order valence-corrected chi connectivity index (χ2v) is 9.27. The van der Waals surface area contributed by atoms with Gasteiger partial charge in [-0.2, -0.15) is 0 Å². The molecule has 8 heteroatoms. The summed E-state index contributed by atoms with van der Waals surface area (Å²) in [4.78, 5) is 14.9. The van der Waals surface area contributed by atoms with Crippen molar-refractivity contribution in [3.8, 4) is 0 Å². The van der Waals surface area contributed by atoms with E-state index in [4.69, 9.17) is 9.88 Å². The lowest BCUT2D eigenvalue weighted by Gasteiger charge is -2.39. The highest BCUT2D eigenvalue weighted by Gasteiger charge is 2.31. The number of sulfonamides is 1. The molecular formula is C22H29N3O4S. The summed E-state index contributed by atoms with van der Waals surface area (Å²) in [5, 5.41) is 8.09. The molecule has 0 saturated carbocycles. The van der Waals surface area contributed by atoms with Gasteiger partial charge in [0.15, 0.2) is 0 Å². The maximum absolute atomic E-state index is 12.7. The predicted molar refractivity (Wildman–Crippen MR) is 115 cm³/mol. The van der Waals surface area contributed by atoms with E-state index in [1.807, 2.05) is 44.2 Å². The first-order valence-electron chi connectivity index (χ1n) is 10.1. The third kappa shape index (κ3) is 5.89. The van der Waals surface area contributed by atoms with Gasteiger partial charge in [0.05, 0.1) is 23.1 Å². The third-order valence-electron chi connectivity index (χ3n) is 5.35. The topological polar surface area (TPSA) is 102 Å². The molecule has 3 N–H and O–H groups in total. The van der Waals surface area contributed by atoms with Crippen LogP contribution >= 0.6 is 0 Å². The molecule has 7 nitrogen and oxygen atoms in total. The molecule has 162 valence electrons. The van der Waals surface area contributed by atoms with Crippen molar-refractivity contribution >= 4 is 15.9 Å². The summed E-state index contributed by atoms with van der Waals surface area (Å²) in [7, 11) is -3.69. The molecule has 0 spiro atoms. The summed E-state index contributed by atoms with van der Waals surface area (Å²) in [6.45, 7) is 5.78. The maximum atomic E-state index is 12.7. The number of carbonyl (C=O) groups excluding carboxylic acids is 1. The lowest BCUT2D eigenvalue weighted by atomic mass is 10.1. The number of hydrogen-bond donors (Lipinski definition) is 2. The van der Waals surface area contributed by atoms with Gasteiger partial charge in [0.25, 0.3) is 0 Å². The fourth-order valence-corrected chi connectivity index (χ4v) is 4.16. The zero-order chi connectivity index (χ0) is 21.7. The first-order valence-corrected chi connectivity index (χ1v) is 11.6. The Morgan fingerprint density at radius 1 is 1.17 bits per heavy atom. The van der Waals surface area contributed by atoms with Crippen molar-refractivity contribution in [2.24, 2.45) is 5.14 Å². The average Bonchev–Trinajstić information content (AvgIpc) is 2.73. The van der Waals surface area contributed by atoms with E-state index in [1.165, 1.54) is 12.1 Å². The molecule has 0 bridgehead atoms. The molecule has 0 aliphatic carbocycles. The molecule has 0 aromatic heterocycles. The number of morpholine rings is 1. The number of nitrogens with one attached hydrogen (secondary N) is 1. The van der Waals surface area contributed by atoms with Crippen LogP contribution in [0.3, 0.4) is 0 Å². The fraction of sp³-hybridized carbons (Fsp3) is 0.409. The van der Waals surface area contributed by atoms with Crippen LogP contribution in [-0.4, -0.2) is 51.0 Å². The Balaban J connectivity index is 1.52. The largest absolute Gasteiger partial charge is 0.368 e. The van der Waals surface area contributed by atoms with Gasteiger partial charge >= 0.3 is 0 Å². The lowest BCUT2D eigenvalue weighted by molar-refractivity contribution is -0.133. The Bertz CT molecular complexity index is 948. The standard InChI is InChI=1S/C22H29N3O4S/c1-16-14-25(15-21(29-16)19-6-4-3-5-7-19)17(2)22(26)24-13-12-18-8-10-20(11-9-18)30(23,27)28/h3-11,16-17,21H,12-15H2,1-2H3,(H,24,26)(H2,23,27,28). The number of hydrogen-bond acceptors (Lipinski definition) is 5. The molecule has 1 heterocycles. The minimum Gasteiger partial charge on any atom is -0.368 e. The minimum atomic E-state index is -3.69. The average molecular weight is 432 g/mol. The maximum Gasteiger partial charge on any atom is 0.238 e. The highest BCUT2D eigenvalue weighted by Crippen LogP contribution is 2.26. The van der Waals surface area contributed by atoms with Crippen LogP contribution in [0.25, 0.3) is 0 Å². The van der Waals surface area contributed by atoms with Gasteiger partial charge < -0.3 is 10.1 Å². The molecule has 1 aliphatic rings. The highest BCUT2D eigenvalue weighted by atomic mass is 32.2. The highest BCUT2D eigenvalue weighted by molar-refractivity contribution is 7.89. The Morgan fingerprint density at radius 3 is 2.47 bits per heavy atom. The van der Waals surface area contributed by atoms with Crippen molar-refractivity contribution in [2.75, 3.05) is 19.6 Å². The monoisotopic (exact) mass is 431 g/mol. The molecule has 0 radical (unpaired) electrons. The Morgan fingerprint density at radius 2 is 1.83 bits per heavy atom. The third-order valence-corrected chi connectivity index (χ3v) is 6.28. The molecule has 1 amide bonds. The minimum absolute atomic E-state index is 0.0305. The van der Waals surface area contributed by atoms with Gasteiger partial charge in [-0.15, -0.1) is 0 Å². The summed E-state index contributed by atoms with van der Waals surface area (Å²) in [5.41, 5.74) is 2.05. The van der Waals surface area contributed by atoms with Crippen LogP contribution in [0.4, 0.5) is 0 Å². The molecular weight excluding hydrogens is 402 g/mol. The molecule has 30 heavy (non-hydrogen) atoms. The summed E-state index contributed by atoms with van der Waals surface area (Å²) in [6, 6.07) is 16.2. The van der Waals surface area contributed by atoms with Gasteiger partial charge in [-0.1, -0.05) is 42.5 Å². The van der Waals surface area contributed by atoms with Crippen LogP contribution < -0.4 is 10.5 Å². The fourth-order valence-electron chi connectivity index (χ4n) is 3.64. The molecule has 1 saturated heterocycles. The first-order chi connectivity index (χ1) is 14.2. The van der Waals surface area contributed by atoms with Crippen molar-refractivity contribution in [1.29, 1.82) is 0 Å². The van der Waals surface area contributed by atoms with Crippen molar-refractivity contribution in [2.45, 2.75) is 43.4 Å². The van der Waals surface area contributed by atoms with E-state index < -0.39 is 10.0 Å². The van der Waals surface area contributed by atoms with E-state index in [2.05, 4.69) is 10.2 Å². The molecule has 3 atom stereocenters. The van der Waals surface area contributed by atoms with Crippen LogP contribution in [0.2, 0.25) is 0 Å². The Labute approximate surface area is 178 Å². The number of nitrogens with zero attached hydrogens (tertiary/aromatic N) is 1. The summed E-state index contributed by atoms with van der Waals surface area (Å²) in [6.07, 6.45) is 0.592. The number of primary sulfonamides is 1. The van der Waals surface area contributed by atoms with Gasteiger partial charge in [0.2, 0.25) is 15.9 Å². The number of amides is 1. The van der Waals surface area contributed by atoms with E-state index in [1.54, 1.807) is 12.1 Å². The van der Waals surface area contributed by atoms with Gasteiger partial charge in [-0.3, -0.25) is 9.69 Å². The molecule has 3 unspecified atom stereocenters. The normalized spacial score (nSPS) is 21.2. The molecule has 1 fully saturated rings. The van der Waals surface area contributed by atoms with Gasteiger partial charge in [-0.25, -0.2) is 13.6 Å². The van der Waals surface area contributed by atoms with Crippen LogP contribution in [0.15, 0.2) is 59.5 Å². The molecule has 2 aromatic carbocycles. The van der Waals surface area contributed by atoms with E-state index in [0.29, 0.717) is 26.1 Å². The van der Waals surface area contributed by atoms with E-state index in [-0.39, 0.29) is 29.1 Å². The van der Waals surface area contributed by atoms with Crippen molar-refractivity contribution < 1.29 is 17.9 Å². The summed E-state index contributed by atoms with van der Waals surface area (Å²) < 4.78 is 28.7. The second-order valence-electron chi connectivity index (χ2n) is 7.71. The van der Waals surface area contributed by atoms with Crippen LogP contribution in [-0.2, 0) is 26.0 Å². The number of rotatable bonds is 7. The van der Waals surface area contributed by atoms with Crippen molar-refractivity contribution in [3.63, 3.8) is 0 Å². The number of ether oxygens (including phenoxy) is 1. The van der Waals surface area contributed by atoms with Crippen LogP contribution in [0.1, 0.15) is 31.1 Å². The van der Waals surface area contributed by atoms with E-state index >= 15 is 0 Å². The second kappa shape index (κ2) is 9.70. The number of carbonyl (C=O) groups is 1. The van der Waals surface area contributed by atoms with Gasteiger partial charge in [0.1, 0.15) is 0 Å².